The summed E-state index contributed by atoms with van der Waals surface area (Å²) < 4.78 is 8.25. The van der Waals surface area contributed by atoms with Gasteiger partial charge in [-0.1, -0.05) is 0 Å². The summed E-state index contributed by atoms with van der Waals surface area (Å²) in [6.07, 6.45) is 0. The van der Waals surface area contributed by atoms with E-state index < -0.39 is 0 Å². The van der Waals surface area contributed by atoms with Crippen LogP contribution in [0.5, 0.6) is 0 Å². The van der Waals surface area contributed by atoms with Crippen LogP contribution >= 0.6 is 0 Å². The van der Waals surface area contributed by atoms with Gasteiger partial charge in [-0.3, -0.25) is 0 Å². The normalized spacial score (nSPS) is 0.500. The van der Waals surface area contributed by atoms with E-state index in [9.17, 15) is 0 Å². The maximum absolute atomic E-state index is 8.25. The summed E-state index contributed by atoms with van der Waals surface area (Å²) in [5, 5.41) is 0. The average Bonchev–Trinajstić information content (AvgIpc) is 1.00. The number of hydrogen-bond donors (Lipinski definition) is 0. The van der Waals surface area contributed by atoms with Gasteiger partial charge in [0.15, 0.2) is 0 Å². The molecule has 0 atom stereocenters. The Morgan fingerprint density at radius 1 is 1.33 bits per heavy atom. The average molecular weight is 267 g/mol. The minimum atomic E-state index is 0. The Labute approximate surface area is 106 Å². The first-order valence-electron chi connectivity index (χ1n) is 0.204. The fourth-order valence-electron chi connectivity index (χ4n) is 0. The van der Waals surface area contributed by atoms with Gasteiger partial charge in [-0.25, -0.2) is 0 Å². The molecule has 0 aromatic rings. The quantitative estimate of drug-likeness (QED) is 0.427. The van der Waals surface area contributed by atoms with Crippen LogP contribution in [-0.2, 0) is 76.8 Å². The molecule has 6 heteroatoms. The largest absolute Gasteiger partial charge is 0 e. The summed E-state index contributed by atoms with van der Waals surface area (Å²) in [6, 6.07) is 0. The Morgan fingerprint density at radius 3 is 1.33 bits per heavy atom. The van der Waals surface area contributed by atoms with Crippen LogP contribution in [0.2, 0.25) is 0 Å². The monoisotopic (exact) mass is 265 g/mol. The number of hydrogen-bond acceptors (Lipinski definition) is 1. The van der Waals surface area contributed by atoms with Crippen molar-refractivity contribution >= 4 is 0 Å². The van der Waals surface area contributed by atoms with Crippen LogP contribution in [0.3, 0.4) is 0 Å². The first-order valence-corrected chi connectivity index (χ1v) is 0.842. The van der Waals surface area contributed by atoms with E-state index in [4.69, 9.17) is 3.32 Å². The molecule has 0 heterocycles. The third kappa shape index (κ3) is 27.3. The molecule has 0 aromatic heterocycles. The Bertz CT molecular complexity index is 19.7. The van der Waals surface area contributed by atoms with E-state index in [1.807, 2.05) is 0 Å². The smallest absolute Gasteiger partial charge is 0 e. The van der Waals surface area contributed by atoms with Gasteiger partial charge < -0.3 is 1.43 Å². The molecule has 0 amide bonds. The van der Waals surface area contributed by atoms with Crippen LogP contribution < -0.4 is 29.6 Å². The molecule has 0 N–H and O–H groups in total. The van der Waals surface area contributed by atoms with Crippen molar-refractivity contribution in [3.8, 4) is 0 Å². The predicted octanol–water partition coefficient (Wildman–Crippen LogP) is -3.01. The summed E-state index contributed by atoms with van der Waals surface area (Å²) in [6.45, 7) is 0. The fourth-order valence-corrected chi connectivity index (χ4v) is 0. The van der Waals surface area contributed by atoms with E-state index in [0.717, 1.165) is 20.4 Å². The molecule has 31 valence electrons. The van der Waals surface area contributed by atoms with Gasteiger partial charge >= 0.3 is 53.3 Å². The summed E-state index contributed by atoms with van der Waals surface area (Å²) in [5.41, 5.74) is 0. The molecular weight excluding hydrogens is 266 g/mol. The third-order valence-corrected chi connectivity index (χ3v) is 0. The fraction of sp³-hybridized carbons (Fsp3) is 0. The summed E-state index contributed by atoms with van der Waals surface area (Å²) >= 11 is 0.750. The number of rotatable bonds is 0. The SMILES string of the molecule is [H-].[Mn].[Na+].[Ni].[O]=[Ti].[Zn]. The summed E-state index contributed by atoms with van der Waals surface area (Å²) in [5.74, 6) is 0. The molecule has 0 bridgehead atoms. The third-order valence-electron chi connectivity index (χ3n) is 0. The van der Waals surface area contributed by atoms with Crippen molar-refractivity contribution in [2.24, 2.45) is 0 Å². The molecule has 0 aliphatic rings. The van der Waals surface area contributed by atoms with Crippen LogP contribution in [0, 0.1) is 0 Å². The molecule has 0 saturated carbocycles. The van der Waals surface area contributed by atoms with Gasteiger partial charge in [0.1, 0.15) is 0 Å². The molecule has 0 unspecified atom stereocenters. The van der Waals surface area contributed by atoms with E-state index >= 15 is 0 Å². The second kappa shape index (κ2) is 42.0. The van der Waals surface area contributed by atoms with Gasteiger partial charge in [-0.2, -0.15) is 0 Å². The van der Waals surface area contributed by atoms with Gasteiger partial charge in [-0.15, -0.1) is 0 Å². The maximum atomic E-state index is 8.25. The second-order valence-corrected chi connectivity index (χ2v) is 0. The van der Waals surface area contributed by atoms with Crippen molar-refractivity contribution in [3.63, 3.8) is 0 Å². The van der Waals surface area contributed by atoms with Crippen molar-refractivity contribution in [1.82, 2.24) is 0 Å². The second-order valence-electron chi connectivity index (χ2n) is 0. The van der Waals surface area contributed by atoms with Crippen LogP contribution in [0.25, 0.3) is 0 Å². The minimum Gasteiger partial charge on any atom is 0 e. The molecule has 0 fully saturated rings. The van der Waals surface area contributed by atoms with E-state index in [1.54, 1.807) is 0 Å². The van der Waals surface area contributed by atoms with Gasteiger partial charge in [0, 0.05) is 53.0 Å². The standard InChI is InChI=1S/Mn.Na.Ni.O.Ti.Zn.H/q;+1;;;;;-1. The van der Waals surface area contributed by atoms with E-state index in [0.29, 0.717) is 0 Å². The molecule has 0 aliphatic heterocycles. The molecule has 0 aliphatic carbocycles. The molecule has 0 rings (SSSR count). The predicted molar refractivity (Wildman–Crippen MR) is 1.80 cm³/mol. The van der Waals surface area contributed by atoms with Crippen LogP contribution in [-0.4, -0.2) is 0 Å². The van der Waals surface area contributed by atoms with Gasteiger partial charge in [0.25, 0.3) is 0 Å². The molecule has 1 nitrogen and oxygen atoms in total. The van der Waals surface area contributed by atoms with Crippen LogP contribution in [0.4, 0.5) is 0 Å². The van der Waals surface area contributed by atoms with Crippen LogP contribution in [0.1, 0.15) is 1.43 Å². The zero-order valence-electron chi connectivity index (χ0n) is 4.31. The van der Waals surface area contributed by atoms with Gasteiger partial charge in [0.05, 0.1) is 0 Å². The molecule has 0 aromatic carbocycles. The van der Waals surface area contributed by atoms with E-state index in [2.05, 4.69) is 0 Å². The van der Waals surface area contributed by atoms with Crippen molar-refractivity contribution in [3.05, 3.63) is 0 Å². The zero-order chi connectivity index (χ0) is 2.00. The van der Waals surface area contributed by atoms with E-state index in [-0.39, 0.29) is 84.0 Å². The Morgan fingerprint density at radius 2 is 1.33 bits per heavy atom. The first-order chi connectivity index (χ1) is 1.00. The first kappa shape index (κ1) is 35.3. The maximum Gasteiger partial charge on any atom is 0 e. The van der Waals surface area contributed by atoms with Crippen molar-refractivity contribution in [2.75, 3.05) is 0 Å². The Kier molecular flexibility index (Phi) is 247. The molecule has 1 radical (unpaired) electrons. The van der Waals surface area contributed by atoms with Gasteiger partial charge in [0.2, 0.25) is 0 Å². The van der Waals surface area contributed by atoms with E-state index in [1.165, 1.54) is 0 Å². The molecule has 0 saturated heterocycles. The molecular formula is HMnNaNiOTiZn. The minimum absolute atomic E-state index is 0. The van der Waals surface area contributed by atoms with Gasteiger partial charge in [-0.05, 0) is 0 Å². The molecule has 6 heavy (non-hydrogen) atoms. The Balaban J connectivity index is -0.000000000500. The topological polar surface area (TPSA) is 17.1 Å². The summed E-state index contributed by atoms with van der Waals surface area (Å²) in [4.78, 5) is 0. The van der Waals surface area contributed by atoms with Crippen molar-refractivity contribution in [2.45, 2.75) is 0 Å². The van der Waals surface area contributed by atoms with Crippen molar-refractivity contribution < 1.29 is 108 Å². The van der Waals surface area contributed by atoms with Crippen molar-refractivity contribution in [1.29, 1.82) is 0 Å². The van der Waals surface area contributed by atoms with Crippen LogP contribution in [0.15, 0.2) is 0 Å². The molecule has 0 spiro atoms. The zero-order valence-corrected chi connectivity index (χ0v) is 12.0. The summed E-state index contributed by atoms with van der Waals surface area (Å²) in [7, 11) is 0. The Hall–Kier alpha value is 3.15.